The zero-order chi connectivity index (χ0) is 43.7. The number of fused-ring (bicyclic) bond motifs is 3. The first-order valence-corrected chi connectivity index (χ1v) is 21.2. The maximum atomic E-state index is 16.1. The van der Waals surface area contributed by atoms with Crippen LogP contribution in [0.1, 0.15) is 97.4 Å². The molecule has 0 unspecified atom stereocenters. The van der Waals surface area contributed by atoms with Crippen LogP contribution in [0.25, 0.3) is 39.0 Å². The van der Waals surface area contributed by atoms with Crippen molar-refractivity contribution in [3.63, 3.8) is 0 Å². The number of primary amides is 1. The number of hydrogen-bond donors (Lipinski definition) is 1. The molecule has 0 bridgehead atoms. The molecule has 2 aliphatic heterocycles. The second-order valence-corrected chi connectivity index (χ2v) is 18.2. The third-order valence-electron chi connectivity index (χ3n) is 13.8. The minimum Gasteiger partial charge on any atom is -0.376 e. The van der Waals surface area contributed by atoms with Gasteiger partial charge in [0.2, 0.25) is 5.91 Å². The summed E-state index contributed by atoms with van der Waals surface area (Å²) < 4.78 is 44.8. The van der Waals surface area contributed by atoms with E-state index in [2.05, 4.69) is 31.1 Å². The summed E-state index contributed by atoms with van der Waals surface area (Å²) in [7, 11) is 1.72. The van der Waals surface area contributed by atoms with Crippen LogP contribution in [0.2, 0.25) is 0 Å². The summed E-state index contributed by atoms with van der Waals surface area (Å²) in [6.45, 7) is 12.4. The first-order valence-electron chi connectivity index (χ1n) is 21.2. The van der Waals surface area contributed by atoms with Gasteiger partial charge in [0.25, 0.3) is 5.91 Å². The summed E-state index contributed by atoms with van der Waals surface area (Å²) in [5.74, 6) is -1.20. The summed E-state index contributed by atoms with van der Waals surface area (Å²) in [4.78, 5) is 45.0. The topological polar surface area (TPSA) is 140 Å². The van der Waals surface area contributed by atoms with E-state index in [1.54, 1.807) is 65.6 Å². The standard InChI is InChI=1S/C47H49F2N9O4/c1-25-18-32(19-26(2)40(25)48)58-42(56-16-15-55(45(56)61)37-11-10-36-33(41(37)49)24-51-53(36)7)39-28(4)54(14-12-34(39)52-58)43(59)38-21-31-20-29(30-13-17-62-46(5,6)23-30)8-9-35(31)57(38)47(44(50)60)22-27(47)3/h8-11,15-16,18-21,24,27-28,30H,12-14,17,22-23H2,1-7H3,(H2,50,60)/t27-,28-,30-,47-/m0/s1. The van der Waals surface area contributed by atoms with Crippen molar-refractivity contribution in [2.45, 2.75) is 90.3 Å². The van der Waals surface area contributed by atoms with Gasteiger partial charge in [0.05, 0.1) is 45.8 Å². The lowest BCUT2D eigenvalue weighted by molar-refractivity contribution is -0.122. The van der Waals surface area contributed by atoms with Gasteiger partial charge in [0.15, 0.2) is 5.82 Å². The van der Waals surface area contributed by atoms with Crippen molar-refractivity contribution in [1.29, 1.82) is 0 Å². The molecule has 0 spiro atoms. The van der Waals surface area contributed by atoms with Crippen LogP contribution in [-0.4, -0.2) is 68.7 Å². The lowest BCUT2D eigenvalue weighted by Crippen LogP contribution is -2.43. The molecule has 1 aliphatic carbocycles. The number of aromatic nitrogens is 7. The Kier molecular flexibility index (Phi) is 8.87. The zero-order valence-corrected chi connectivity index (χ0v) is 35.9. The number of aryl methyl sites for hydroxylation is 3. The Balaban J connectivity index is 1.11. The van der Waals surface area contributed by atoms with Crippen molar-refractivity contribution in [1.82, 2.24) is 38.2 Å². The Labute approximate surface area is 356 Å². The van der Waals surface area contributed by atoms with Crippen LogP contribution in [0.3, 0.4) is 0 Å². The number of benzene rings is 3. The van der Waals surface area contributed by atoms with Crippen LogP contribution >= 0.6 is 0 Å². The molecule has 2 fully saturated rings. The maximum Gasteiger partial charge on any atom is 0.338 e. The second-order valence-electron chi connectivity index (χ2n) is 18.2. The largest absolute Gasteiger partial charge is 0.376 e. The van der Waals surface area contributed by atoms with Gasteiger partial charge in [0.1, 0.15) is 22.9 Å². The Morgan fingerprint density at radius 1 is 0.935 bits per heavy atom. The summed E-state index contributed by atoms with van der Waals surface area (Å²) in [5.41, 5.74) is 9.77. The van der Waals surface area contributed by atoms with Crippen molar-refractivity contribution < 1.29 is 23.1 Å². The fourth-order valence-corrected chi connectivity index (χ4v) is 10.4. The van der Waals surface area contributed by atoms with Crippen molar-refractivity contribution in [2.75, 3.05) is 13.2 Å². The molecular formula is C47H49F2N9O4. The normalized spacial score (nSPS) is 22.1. The predicted octanol–water partition coefficient (Wildman–Crippen LogP) is 7.20. The van der Waals surface area contributed by atoms with Crippen molar-refractivity contribution >= 4 is 33.6 Å². The third-order valence-corrected chi connectivity index (χ3v) is 13.8. The van der Waals surface area contributed by atoms with Gasteiger partial charge >= 0.3 is 5.69 Å². The quantitative estimate of drug-likeness (QED) is 0.180. The number of carbonyl (C=O) groups is 2. The van der Waals surface area contributed by atoms with Gasteiger partial charge in [-0.15, -0.1) is 0 Å². The van der Waals surface area contributed by atoms with Crippen molar-refractivity contribution in [3.05, 3.63) is 123 Å². The van der Waals surface area contributed by atoms with Crippen molar-refractivity contribution in [3.8, 4) is 17.2 Å². The van der Waals surface area contributed by atoms with Crippen LogP contribution in [-0.2, 0) is 28.5 Å². The molecule has 1 saturated heterocycles. The highest BCUT2D eigenvalue weighted by Crippen LogP contribution is 2.53. The van der Waals surface area contributed by atoms with E-state index in [4.69, 9.17) is 15.6 Å². The number of amides is 2. The highest BCUT2D eigenvalue weighted by Gasteiger charge is 2.60. The number of nitrogens with zero attached hydrogens (tertiary/aromatic N) is 8. The summed E-state index contributed by atoms with van der Waals surface area (Å²) in [6, 6.07) is 14.1. The van der Waals surface area contributed by atoms with Crippen LogP contribution in [0, 0.1) is 31.4 Å². The van der Waals surface area contributed by atoms with E-state index < -0.39 is 29.0 Å². The average molecular weight is 842 g/mol. The molecule has 1 saturated carbocycles. The molecule has 13 nitrogen and oxygen atoms in total. The highest BCUT2D eigenvalue weighted by atomic mass is 19.1. The number of rotatable bonds is 7. The van der Waals surface area contributed by atoms with Gasteiger partial charge < -0.3 is 19.9 Å². The van der Waals surface area contributed by atoms with E-state index in [1.807, 2.05) is 30.5 Å². The molecule has 320 valence electrons. The maximum absolute atomic E-state index is 16.1. The third kappa shape index (κ3) is 5.83. The molecular weight excluding hydrogens is 793 g/mol. The number of nitrogens with two attached hydrogens (primary N) is 1. The minimum absolute atomic E-state index is 0.0432. The van der Waals surface area contributed by atoms with Gasteiger partial charge in [0, 0.05) is 55.5 Å². The van der Waals surface area contributed by atoms with E-state index in [1.165, 1.54) is 21.5 Å². The molecule has 10 rings (SSSR count). The fraction of sp³-hybridized carbons (Fsp3) is 0.383. The molecule has 4 atom stereocenters. The molecule has 7 aromatic rings. The molecule has 15 heteroatoms. The van der Waals surface area contributed by atoms with Crippen LogP contribution < -0.4 is 11.4 Å². The molecule has 3 aromatic carbocycles. The van der Waals surface area contributed by atoms with Gasteiger partial charge in [-0.25, -0.2) is 18.3 Å². The Bertz CT molecular complexity index is 3070. The molecule has 4 aromatic heterocycles. The molecule has 2 N–H and O–H groups in total. The number of halogens is 2. The average Bonchev–Trinajstić information content (AvgIpc) is 3.66. The Hall–Kier alpha value is -6.35. The van der Waals surface area contributed by atoms with Crippen molar-refractivity contribution in [2.24, 2.45) is 18.7 Å². The monoisotopic (exact) mass is 841 g/mol. The van der Waals surface area contributed by atoms with Gasteiger partial charge in [-0.05, 0) is 125 Å². The first-order chi connectivity index (χ1) is 29.5. The summed E-state index contributed by atoms with van der Waals surface area (Å²) >= 11 is 0. The minimum atomic E-state index is -1.07. The number of imidazole rings is 1. The zero-order valence-electron chi connectivity index (χ0n) is 35.9. The fourth-order valence-electron chi connectivity index (χ4n) is 10.4. The van der Waals surface area contributed by atoms with E-state index in [0.29, 0.717) is 71.1 Å². The number of carbonyl (C=O) groups excluding carboxylic acids is 2. The smallest absolute Gasteiger partial charge is 0.338 e. The number of hydrogen-bond acceptors (Lipinski definition) is 6. The molecule has 2 amide bonds. The molecule has 62 heavy (non-hydrogen) atoms. The summed E-state index contributed by atoms with van der Waals surface area (Å²) in [5, 5.41) is 10.3. The van der Waals surface area contributed by atoms with Gasteiger partial charge in [-0.3, -0.25) is 23.4 Å². The number of ether oxygens (including phenoxy) is 1. The van der Waals surface area contributed by atoms with Crippen LogP contribution in [0.5, 0.6) is 0 Å². The van der Waals surface area contributed by atoms with E-state index in [9.17, 15) is 9.59 Å². The molecule has 3 aliphatic rings. The van der Waals surface area contributed by atoms with Gasteiger partial charge in [-0.1, -0.05) is 13.0 Å². The summed E-state index contributed by atoms with van der Waals surface area (Å²) in [6.07, 6.45) is 7.06. The van der Waals surface area contributed by atoms with E-state index in [0.717, 1.165) is 29.3 Å². The first kappa shape index (κ1) is 39.8. The molecule has 0 radical (unpaired) electrons. The van der Waals surface area contributed by atoms with Crippen LogP contribution in [0.15, 0.2) is 71.9 Å². The van der Waals surface area contributed by atoms with Crippen LogP contribution in [0.4, 0.5) is 8.78 Å². The molecule has 6 heterocycles. The Morgan fingerprint density at radius 3 is 2.34 bits per heavy atom. The SMILES string of the molecule is Cc1cc(-n2nc3c(c2-n2ccn(-c4ccc5c(cnn5C)c4F)c2=O)[C@H](C)N(C(=O)c2cc4cc([C@H]5CCOC(C)(C)C5)ccc4n2[C@@]2(C(N)=O)C[C@@H]2C)CC3)cc(C)c1F. The lowest BCUT2D eigenvalue weighted by atomic mass is 9.83. The second kappa shape index (κ2) is 13.8. The Morgan fingerprint density at radius 2 is 1.65 bits per heavy atom. The highest BCUT2D eigenvalue weighted by molar-refractivity contribution is 6.02. The van der Waals surface area contributed by atoms with E-state index >= 15 is 13.6 Å². The lowest BCUT2D eigenvalue weighted by Gasteiger charge is -2.35. The van der Waals surface area contributed by atoms with Gasteiger partial charge in [-0.2, -0.15) is 10.2 Å². The predicted molar refractivity (Wildman–Crippen MR) is 230 cm³/mol. The van der Waals surface area contributed by atoms with E-state index in [-0.39, 0.29) is 40.2 Å².